The van der Waals surface area contributed by atoms with Gasteiger partial charge in [-0.05, 0) is 36.6 Å². The molecule has 2 aromatic rings. The van der Waals surface area contributed by atoms with E-state index in [1.165, 1.54) is 12.1 Å². The Hall–Kier alpha value is -2.93. The van der Waals surface area contributed by atoms with Crippen molar-refractivity contribution in [2.45, 2.75) is 25.4 Å². The van der Waals surface area contributed by atoms with Gasteiger partial charge in [0.2, 0.25) is 5.91 Å². The van der Waals surface area contributed by atoms with E-state index in [1.807, 2.05) is 24.3 Å². The highest BCUT2D eigenvalue weighted by Crippen LogP contribution is 2.28. The first-order valence-corrected chi connectivity index (χ1v) is 8.46. The van der Waals surface area contributed by atoms with Gasteiger partial charge in [-0.2, -0.15) is 0 Å². The van der Waals surface area contributed by atoms with Gasteiger partial charge in [0.25, 0.3) is 5.69 Å². The van der Waals surface area contributed by atoms with Gasteiger partial charge in [0.05, 0.1) is 18.6 Å². The van der Waals surface area contributed by atoms with E-state index in [4.69, 9.17) is 4.74 Å². The fourth-order valence-electron chi connectivity index (χ4n) is 2.80. The Balaban J connectivity index is 1.61. The molecule has 1 amide bonds. The standard InChI is InChI=1S/C19H21N3O4/c1-26-18-9-5-14(6-10-18)12-21(16-7-8-16)13-19(23)20-15-3-2-4-17(11-15)22(24)25/h2-6,9-11,16H,7-8,12-13H2,1H3,(H,20,23). The summed E-state index contributed by atoms with van der Waals surface area (Å²) in [5, 5.41) is 13.6. The Morgan fingerprint density at radius 1 is 1.27 bits per heavy atom. The molecule has 0 aromatic heterocycles. The molecule has 1 N–H and O–H groups in total. The minimum atomic E-state index is -0.476. The van der Waals surface area contributed by atoms with Gasteiger partial charge in [0.1, 0.15) is 5.75 Å². The third-order valence-electron chi connectivity index (χ3n) is 4.30. The number of benzene rings is 2. The molecule has 1 fully saturated rings. The normalized spacial score (nSPS) is 13.5. The predicted octanol–water partition coefficient (Wildman–Crippen LogP) is 3.21. The van der Waals surface area contributed by atoms with Crippen molar-refractivity contribution in [3.05, 3.63) is 64.2 Å². The van der Waals surface area contributed by atoms with Crippen LogP contribution in [0.1, 0.15) is 18.4 Å². The van der Waals surface area contributed by atoms with Crippen LogP contribution in [0, 0.1) is 10.1 Å². The summed E-state index contributed by atoms with van der Waals surface area (Å²) < 4.78 is 5.17. The van der Waals surface area contributed by atoms with Crippen molar-refractivity contribution in [3.8, 4) is 5.75 Å². The molecule has 0 unspecified atom stereocenters. The summed E-state index contributed by atoms with van der Waals surface area (Å²) in [4.78, 5) is 24.9. The molecule has 0 saturated heterocycles. The summed E-state index contributed by atoms with van der Waals surface area (Å²) in [6.07, 6.45) is 2.17. The summed E-state index contributed by atoms with van der Waals surface area (Å²) in [5.41, 5.74) is 1.50. The van der Waals surface area contributed by atoms with Gasteiger partial charge in [-0.25, -0.2) is 0 Å². The fourth-order valence-corrected chi connectivity index (χ4v) is 2.80. The molecule has 2 aromatic carbocycles. The number of carbonyl (C=O) groups excluding carboxylic acids is 1. The van der Waals surface area contributed by atoms with Crippen LogP contribution in [0.15, 0.2) is 48.5 Å². The van der Waals surface area contributed by atoms with Crippen LogP contribution in [0.5, 0.6) is 5.75 Å². The molecule has 1 saturated carbocycles. The van der Waals surface area contributed by atoms with E-state index in [0.717, 1.165) is 24.2 Å². The second kappa shape index (κ2) is 7.97. The number of anilines is 1. The Morgan fingerprint density at radius 2 is 2.00 bits per heavy atom. The summed E-state index contributed by atoms with van der Waals surface area (Å²) in [5.74, 6) is 0.626. The minimum Gasteiger partial charge on any atom is -0.497 e. The highest BCUT2D eigenvalue weighted by molar-refractivity contribution is 5.92. The van der Waals surface area contributed by atoms with E-state index in [2.05, 4.69) is 10.2 Å². The summed E-state index contributed by atoms with van der Waals surface area (Å²) in [6, 6.07) is 14.2. The summed E-state index contributed by atoms with van der Waals surface area (Å²) >= 11 is 0. The lowest BCUT2D eigenvalue weighted by Gasteiger charge is -2.21. The molecule has 7 nitrogen and oxygen atoms in total. The number of non-ortho nitro benzene ring substituents is 1. The first-order valence-electron chi connectivity index (χ1n) is 8.46. The van der Waals surface area contributed by atoms with E-state index in [-0.39, 0.29) is 18.1 Å². The van der Waals surface area contributed by atoms with Gasteiger partial charge in [-0.1, -0.05) is 18.2 Å². The number of nitrogens with zero attached hydrogens (tertiary/aromatic N) is 2. The number of carbonyl (C=O) groups is 1. The van der Waals surface area contributed by atoms with E-state index < -0.39 is 4.92 Å². The maximum Gasteiger partial charge on any atom is 0.271 e. The van der Waals surface area contributed by atoms with Gasteiger partial charge >= 0.3 is 0 Å². The first-order chi connectivity index (χ1) is 12.5. The number of hydrogen-bond acceptors (Lipinski definition) is 5. The number of methoxy groups -OCH3 is 1. The number of nitrogens with one attached hydrogen (secondary N) is 1. The quantitative estimate of drug-likeness (QED) is 0.580. The zero-order valence-electron chi connectivity index (χ0n) is 14.6. The van der Waals surface area contributed by atoms with Crippen LogP contribution in [0.25, 0.3) is 0 Å². The highest BCUT2D eigenvalue weighted by atomic mass is 16.6. The molecule has 136 valence electrons. The predicted molar refractivity (Wildman–Crippen MR) is 98.2 cm³/mol. The molecule has 0 aliphatic heterocycles. The second-order valence-corrected chi connectivity index (χ2v) is 6.34. The number of rotatable bonds is 8. The third kappa shape index (κ3) is 4.80. The minimum absolute atomic E-state index is 0.0416. The van der Waals surface area contributed by atoms with Gasteiger partial charge in [0, 0.05) is 30.4 Å². The van der Waals surface area contributed by atoms with Crippen molar-refractivity contribution in [1.29, 1.82) is 0 Å². The molecule has 7 heteroatoms. The van der Waals surface area contributed by atoms with E-state index in [0.29, 0.717) is 18.3 Å². The molecule has 0 radical (unpaired) electrons. The van der Waals surface area contributed by atoms with Crippen molar-refractivity contribution in [2.75, 3.05) is 19.0 Å². The number of nitro benzene ring substituents is 1. The van der Waals surface area contributed by atoms with Crippen LogP contribution >= 0.6 is 0 Å². The molecule has 1 aliphatic rings. The zero-order valence-corrected chi connectivity index (χ0v) is 14.6. The summed E-state index contributed by atoms with van der Waals surface area (Å²) in [6.45, 7) is 0.927. The van der Waals surface area contributed by atoms with Crippen LogP contribution < -0.4 is 10.1 Å². The SMILES string of the molecule is COc1ccc(CN(CC(=O)Nc2cccc([N+](=O)[O-])c2)C2CC2)cc1. The monoisotopic (exact) mass is 355 g/mol. The molecule has 26 heavy (non-hydrogen) atoms. The van der Waals surface area contributed by atoms with Gasteiger partial charge < -0.3 is 10.1 Å². The Bertz CT molecular complexity index is 788. The molecule has 0 atom stereocenters. The smallest absolute Gasteiger partial charge is 0.271 e. The van der Waals surface area contributed by atoms with Crippen LogP contribution in [-0.4, -0.2) is 35.4 Å². The second-order valence-electron chi connectivity index (χ2n) is 6.34. The van der Waals surface area contributed by atoms with Crippen LogP contribution in [0.4, 0.5) is 11.4 Å². The lowest BCUT2D eigenvalue weighted by atomic mass is 10.2. The van der Waals surface area contributed by atoms with E-state index in [1.54, 1.807) is 19.2 Å². The third-order valence-corrected chi connectivity index (χ3v) is 4.30. The van der Waals surface area contributed by atoms with Crippen LogP contribution in [-0.2, 0) is 11.3 Å². The number of ether oxygens (including phenoxy) is 1. The van der Waals surface area contributed by atoms with Crippen molar-refractivity contribution in [3.63, 3.8) is 0 Å². The van der Waals surface area contributed by atoms with E-state index >= 15 is 0 Å². The highest BCUT2D eigenvalue weighted by Gasteiger charge is 2.30. The number of nitro groups is 1. The van der Waals surface area contributed by atoms with Gasteiger partial charge in [-0.15, -0.1) is 0 Å². The Kier molecular flexibility index (Phi) is 5.48. The number of hydrogen-bond donors (Lipinski definition) is 1. The fraction of sp³-hybridized carbons (Fsp3) is 0.316. The molecular formula is C19H21N3O4. The topological polar surface area (TPSA) is 84.7 Å². The molecule has 1 aliphatic carbocycles. The zero-order chi connectivity index (χ0) is 18.5. The van der Waals surface area contributed by atoms with Crippen molar-refractivity contribution < 1.29 is 14.5 Å². The first kappa shape index (κ1) is 17.9. The summed E-state index contributed by atoms with van der Waals surface area (Å²) in [7, 11) is 1.63. The molecule has 0 heterocycles. The lowest BCUT2D eigenvalue weighted by Crippen LogP contribution is -2.34. The van der Waals surface area contributed by atoms with Crippen molar-refractivity contribution >= 4 is 17.3 Å². The van der Waals surface area contributed by atoms with Crippen molar-refractivity contribution in [2.24, 2.45) is 0 Å². The molecule has 3 rings (SSSR count). The average molecular weight is 355 g/mol. The number of amides is 1. The maximum atomic E-state index is 12.4. The Morgan fingerprint density at radius 3 is 2.62 bits per heavy atom. The Labute approximate surface area is 151 Å². The van der Waals surface area contributed by atoms with Gasteiger partial charge in [0.15, 0.2) is 0 Å². The molecule has 0 spiro atoms. The average Bonchev–Trinajstić information content (AvgIpc) is 3.47. The van der Waals surface area contributed by atoms with Crippen LogP contribution in [0.3, 0.4) is 0 Å². The molecule has 0 bridgehead atoms. The van der Waals surface area contributed by atoms with Crippen molar-refractivity contribution in [1.82, 2.24) is 4.90 Å². The van der Waals surface area contributed by atoms with Gasteiger partial charge in [-0.3, -0.25) is 19.8 Å². The van der Waals surface area contributed by atoms with Crippen LogP contribution in [0.2, 0.25) is 0 Å². The maximum absolute atomic E-state index is 12.4. The largest absolute Gasteiger partial charge is 0.497 e. The lowest BCUT2D eigenvalue weighted by molar-refractivity contribution is -0.384. The van der Waals surface area contributed by atoms with E-state index in [9.17, 15) is 14.9 Å². The molecular weight excluding hydrogens is 334 g/mol.